The molecule has 5 nitrogen and oxygen atoms in total. The number of rotatable bonds is 7. The van der Waals surface area contributed by atoms with Crippen molar-refractivity contribution >= 4 is 11.8 Å². The van der Waals surface area contributed by atoms with Gasteiger partial charge in [0.2, 0.25) is 5.91 Å². The third-order valence-electron chi connectivity index (χ3n) is 3.35. The van der Waals surface area contributed by atoms with E-state index in [1.807, 2.05) is 32.9 Å². The van der Waals surface area contributed by atoms with E-state index in [0.29, 0.717) is 18.7 Å². The van der Waals surface area contributed by atoms with Crippen molar-refractivity contribution in [3.05, 3.63) is 35.4 Å². The third kappa shape index (κ3) is 5.95. The van der Waals surface area contributed by atoms with E-state index >= 15 is 0 Å². The zero-order valence-corrected chi connectivity index (χ0v) is 13.3. The monoisotopic (exact) mass is 291 g/mol. The van der Waals surface area contributed by atoms with Crippen molar-refractivity contribution in [2.24, 2.45) is 0 Å². The molecule has 0 heterocycles. The zero-order chi connectivity index (χ0) is 15.8. The van der Waals surface area contributed by atoms with E-state index in [9.17, 15) is 9.59 Å². The summed E-state index contributed by atoms with van der Waals surface area (Å²) < 4.78 is 0. The normalized spacial score (nSPS) is 10.5. The zero-order valence-electron chi connectivity index (χ0n) is 13.3. The predicted molar refractivity (Wildman–Crippen MR) is 84.3 cm³/mol. The number of carbonyl (C=O) groups excluding carboxylic acids is 2. The molecule has 0 aromatic heterocycles. The second-order valence-electron chi connectivity index (χ2n) is 5.40. The summed E-state index contributed by atoms with van der Waals surface area (Å²) in [7, 11) is 1.79. The first-order chi connectivity index (χ1) is 9.91. The van der Waals surface area contributed by atoms with Crippen molar-refractivity contribution in [1.82, 2.24) is 15.5 Å². The Morgan fingerprint density at radius 3 is 2.33 bits per heavy atom. The van der Waals surface area contributed by atoms with E-state index < -0.39 is 0 Å². The van der Waals surface area contributed by atoms with Crippen LogP contribution in [0.4, 0.5) is 0 Å². The number of amides is 2. The van der Waals surface area contributed by atoms with Crippen molar-refractivity contribution in [1.29, 1.82) is 0 Å². The molecule has 116 valence electrons. The lowest BCUT2D eigenvalue weighted by atomic mass is 10.1. The molecule has 0 saturated carbocycles. The summed E-state index contributed by atoms with van der Waals surface area (Å²) in [4.78, 5) is 25.2. The SMILES string of the molecule is Cc1ccc(C(=O)NCCNCC(=O)N(C)C(C)C)cc1. The smallest absolute Gasteiger partial charge is 0.251 e. The highest BCUT2D eigenvalue weighted by Crippen LogP contribution is 2.02. The number of nitrogens with one attached hydrogen (secondary N) is 2. The maximum atomic E-state index is 11.8. The van der Waals surface area contributed by atoms with E-state index in [1.165, 1.54) is 0 Å². The maximum absolute atomic E-state index is 11.8. The van der Waals surface area contributed by atoms with E-state index in [2.05, 4.69) is 10.6 Å². The Balaban J connectivity index is 2.21. The number of nitrogens with zero attached hydrogens (tertiary/aromatic N) is 1. The summed E-state index contributed by atoms with van der Waals surface area (Å²) in [5.41, 5.74) is 1.78. The fraction of sp³-hybridized carbons (Fsp3) is 0.500. The highest BCUT2D eigenvalue weighted by molar-refractivity contribution is 5.94. The molecule has 0 atom stereocenters. The van der Waals surface area contributed by atoms with Crippen LogP contribution in [-0.2, 0) is 4.79 Å². The summed E-state index contributed by atoms with van der Waals surface area (Å²) in [5.74, 6) is -0.0442. The molecule has 0 aliphatic rings. The molecule has 2 amide bonds. The van der Waals surface area contributed by atoms with Crippen LogP contribution in [0, 0.1) is 6.92 Å². The van der Waals surface area contributed by atoms with Crippen molar-refractivity contribution in [2.45, 2.75) is 26.8 Å². The van der Waals surface area contributed by atoms with E-state index in [0.717, 1.165) is 5.56 Å². The minimum Gasteiger partial charge on any atom is -0.351 e. The molecule has 1 aromatic rings. The number of benzene rings is 1. The van der Waals surface area contributed by atoms with Crippen molar-refractivity contribution < 1.29 is 9.59 Å². The molecule has 21 heavy (non-hydrogen) atoms. The third-order valence-corrected chi connectivity index (χ3v) is 3.35. The number of hydrogen-bond donors (Lipinski definition) is 2. The minimum atomic E-state index is -0.0950. The number of aryl methyl sites for hydroxylation is 1. The molecule has 2 N–H and O–H groups in total. The van der Waals surface area contributed by atoms with Gasteiger partial charge in [0, 0.05) is 31.7 Å². The predicted octanol–water partition coefficient (Wildman–Crippen LogP) is 1.18. The average Bonchev–Trinajstić information content (AvgIpc) is 2.46. The largest absolute Gasteiger partial charge is 0.351 e. The van der Waals surface area contributed by atoms with Crippen LogP contribution in [0.3, 0.4) is 0 Å². The molecular weight excluding hydrogens is 266 g/mol. The van der Waals surface area contributed by atoms with Gasteiger partial charge in [-0.3, -0.25) is 9.59 Å². The lowest BCUT2D eigenvalue weighted by Crippen LogP contribution is -2.41. The molecule has 1 aromatic carbocycles. The fourth-order valence-electron chi connectivity index (χ4n) is 1.68. The fourth-order valence-corrected chi connectivity index (χ4v) is 1.68. The van der Waals surface area contributed by atoms with Crippen LogP contribution >= 0.6 is 0 Å². The molecule has 0 aliphatic carbocycles. The summed E-state index contributed by atoms with van der Waals surface area (Å²) >= 11 is 0. The lowest BCUT2D eigenvalue weighted by molar-refractivity contribution is -0.130. The summed E-state index contributed by atoms with van der Waals surface area (Å²) in [6.45, 7) is 7.27. The van der Waals surface area contributed by atoms with Crippen LogP contribution in [0.25, 0.3) is 0 Å². The van der Waals surface area contributed by atoms with Gasteiger partial charge in [-0.2, -0.15) is 0 Å². The summed E-state index contributed by atoms with van der Waals surface area (Å²) in [6, 6.07) is 7.63. The Kier molecular flexibility index (Phi) is 6.88. The van der Waals surface area contributed by atoms with Gasteiger partial charge >= 0.3 is 0 Å². The van der Waals surface area contributed by atoms with Gasteiger partial charge < -0.3 is 15.5 Å². The van der Waals surface area contributed by atoms with E-state index in [-0.39, 0.29) is 24.4 Å². The molecule has 0 unspecified atom stereocenters. The first kappa shape index (κ1) is 17.2. The summed E-state index contributed by atoms with van der Waals surface area (Å²) in [5, 5.41) is 5.85. The standard InChI is InChI=1S/C16H25N3O2/c1-12(2)19(4)15(20)11-17-9-10-18-16(21)14-7-5-13(3)6-8-14/h5-8,12,17H,9-11H2,1-4H3,(H,18,21). The number of likely N-dealkylation sites (N-methyl/N-ethyl adjacent to an activating group) is 1. The molecule has 5 heteroatoms. The molecule has 0 aliphatic heterocycles. The van der Waals surface area contributed by atoms with Crippen LogP contribution in [0.1, 0.15) is 29.8 Å². The Labute approximate surface area is 126 Å². The second kappa shape index (κ2) is 8.42. The topological polar surface area (TPSA) is 61.4 Å². The van der Waals surface area contributed by atoms with Crippen LogP contribution in [-0.4, -0.2) is 49.4 Å². The Bertz CT molecular complexity index is 469. The molecular formula is C16H25N3O2. The number of hydrogen-bond acceptors (Lipinski definition) is 3. The van der Waals surface area contributed by atoms with Crippen molar-refractivity contribution in [3.8, 4) is 0 Å². The van der Waals surface area contributed by atoms with Gasteiger partial charge in [0.25, 0.3) is 5.91 Å². The Hall–Kier alpha value is -1.88. The maximum Gasteiger partial charge on any atom is 0.251 e. The van der Waals surface area contributed by atoms with Gasteiger partial charge in [0.1, 0.15) is 0 Å². The van der Waals surface area contributed by atoms with Crippen LogP contribution < -0.4 is 10.6 Å². The molecule has 0 spiro atoms. The lowest BCUT2D eigenvalue weighted by Gasteiger charge is -2.21. The van der Waals surface area contributed by atoms with Crippen LogP contribution in [0.2, 0.25) is 0 Å². The van der Waals surface area contributed by atoms with Crippen molar-refractivity contribution in [3.63, 3.8) is 0 Å². The quantitative estimate of drug-likeness (QED) is 0.742. The Morgan fingerprint density at radius 1 is 1.14 bits per heavy atom. The van der Waals surface area contributed by atoms with Gasteiger partial charge in [-0.15, -0.1) is 0 Å². The van der Waals surface area contributed by atoms with Crippen LogP contribution in [0.5, 0.6) is 0 Å². The first-order valence-corrected chi connectivity index (χ1v) is 7.23. The van der Waals surface area contributed by atoms with Crippen molar-refractivity contribution in [2.75, 3.05) is 26.7 Å². The van der Waals surface area contributed by atoms with E-state index in [1.54, 1.807) is 24.1 Å². The van der Waals surface area contributed by atoms with Gasteiger partial charge in [-0.25, -0.2) is 0 Å². The van der Waals surface area contributed by atoms with Crippen LogP contribution in [0.15, 0.2) is 24.3 Å². The minimum absolute atomic E-state index is 0.0508. The highest BCUT2D eigenvalue weighted by Gasteiger charge is 2.10. The molecule has 0 radical (unpaired) electrons. The molecule has 0 bridgehead atoms. The first-order valence-electron chi connectivity index (χ1n) is 7.23. The number of carbonyl (C=O) groups is 2. The van der Waals surface area contributed by atoms with Gasteiger partial charge in [-0.1, -0.05) is 17.7 Å². The molecule has 0 saturated heterocycles. The Morgan fingerprint density at radius 2 is 1.76 bits per heavy atom. The molecule has 0 fully saturated rings. The van der Waals surface area contributed by atoms with Gasteiger partial charge in [-0.05, 0) is 32.9 Å². The van der Waals surface area contributed by atoms with Gasteiger partial charge in [0.15, 0.2) is 0 Å². The molecule has 1 rings (SSSR count). The highest BCUT2D eigenvalue weighted by atomic mass is 16.2. The van der Waals surface area contributed by atoms with E-state index in [4.69, 9.17) is 0 Å². The summed E-state index contributed by atoms with van der Waals surface area (Å²) in [6.07, 6.45) is 0. The second-order valence-corrected chi connectivity index (χ2v) is 5.40. The van der Waals surface area contributed by atoms with Gasteiger partial charge in [0.05, 0.1) is 6.54 Å². The average molecular weight is 291 g/mol.